The van der Waals surface area contributed by atoms with Gasteiger partial charge in [0.2, 0.25) is 5.91 Å². The molecule has 3 rings (SSSR count). The number of urea groups is 1. The van der Waals surface area contributed by atoms with E-state index in [0.717, 1.165) is 29.7 Å². The second kappa shape index (κ2) is 11.7. The van der Waals surface area contributed by atoms with Crippen LogP contribution >= 0.6 is 11.3 Å². The summed E-state index contributed by atoms with van der Waals surface area (Å²) in [6, 6.07) is 14.2. The van der Waals surface area contributed by atoms with Crippen LogP contribution in [0.25, 0.3) is 0 Å². The molecule has 0 radical (unpaired) electrons. The molecule has 1 aliphatic carbocycles. The number of thiophene rings is 1. The lowest BCUT2D eigenvalue weighted by Crippen LogP contribution is -2.49. The Morgan fingerprint density at radius 1 is 1.00 bits per heavy atom. The van der Waals surface area contributed by atoms with Gasteiger partial charge < -0.3 is 15.1 Å². The van der Waals surface area contributed by atoms with E-state index in [1.54, 1.807) is 16.2 Å². The van der Waals surface area contributed by atoms with Crippen LogP contribution in [0.2, 0.25) is 0 Å². The van der Waals surface area contributed by atoms with Crippen molar-refractivity contribution in [3.05, 3.63) is 58.3 Å². The molecule has 0 aliphatic heterocycles. The third-order valence-electron chi connectivity index (χ3n) is 5.54. The number of carbonyl (C=O) groups excluding carboxylic acids is 2. The molecule has 1 N–H and O–H groups in total. The monoisotopic (exact) mass is 427 g/mol. The summed E-state index contributed by atoms with van der Waals surface area (Å²) in [7, 11) is 0. The molecule has 1 aromatic carbocycles. The number of hydrogen-bond acceptors (Lipinski definition) is 3. The van der Waals surface area contributed by atoms with Crippen LogP contribution < -0.4 is 5.32 Å². The van der Waals surface area contributed by atoms with Crippen molar-refractivity contribution in [2.75, 3.05) is 13.1 Å². The summed E-state index contributed by atoms with van der Waals surface area (Å²) in [5.74, 6) is -0.0144. The predicted octanol–water partition coefficient (Wildman–Crippen LogP) is 5.03. The summed E-state index contributed by atoms with van der Waals surface area (Å²) in [4.78, 5) is 30.8. The van der Waals surface area contributed by atoms with Crippen molar-refractivity contribution in [3.63, 3.8) is 0 Å². The summed E-state index contributed by atoms with van der Waals surface area (Å²) in [5.41, 5.74) is 1.09. The van der Waals surface area contributed by atoms with Gasteiger partial charge in [0.15, 0.2) is 0 Å². The van der Waals surface area contributed by atoms with E-state index in [9.17, 15) is 9.59 Å². The van der Waals surface area contributed by atoms with Crippen molar-refractivity contribution >= 4 is 23.3 Å². The topological polar surface area (TPSA) is 52.7 Å². The van der Waals surface area contributed by atoms with Crippen LogP contribution in [0.5, 0.6) is 0 Å². The van der Waals surface area contributed by atoms with Gasteiger partial charge in [-0.25, -0.2) is 4.79 Å². The highest BCUT2D eigenvalue weighted by Crippen LogP contribution is 2.18. The maximum absolute atomic E-state index is 13.3. The molecule has 30 heavy (non-hydrogen) atoms. The van der Waals surface area contributed by atoms with E-state index in [1.165, 1.54) is 19.3 Å². The standard InChI is InChI=1S/C24H33N3O2S/c1-2-15-26(24(29)25-21-12-7-4-8-13-21)19-23(28)27(18-22-14-9-16-30-22)17-20-10-5-3-6-11-20/h3,5-6,9-11,14,16,21H,2,4,7-8,12-13,15,17-19H2,1H3,(H,25,29). The van der Waals surface area contributed by atoms with Gasteiger partial charge in [-0.3, -0.25) is 4.79 Å². The maximum atomic E-state index is 13.3. The van der Waals surface area contributed by atoms with Crippen molar-refractivity contribution in [1.82, 2.24) is 15.1 Å². The first-order valence-electron chi connectivity index (χ1n) is 11.0. The molecule has 1 heterocycles. The summed E-state index contributed by atoms with van der Waals surface area (Å²) < 4.78 is 0. The number of hydrogen-bond donors (Lipinski definition) is 1. The summed E-state index contributed by atoms with van der Waals surface area (Å²) in [6.45, 7) is 3.85. The fourth-order valence-corrected chi connectivity index (χ4v) is 4.64. The highest BCUT2D eigenvalue weighted by atomic mass is 32.1. The number of amides is 3. The molecular weight excluding hydrogens is 394 g/mol. The molecule has 1 fully saturated rings. The van der Waals surface area contributed by atoms with Crippen molar-refractivity contribution in [2.24, 2.45) is 0 Å². The Kier molecular flexibility index (Phi) is 8.75. The van der Waals surface area contributed by atoms with Crippen molar-refractivity contribution in [3.8, 4) is 0 Å². The van der Waals surface area contributed by atoms with Gasteiger partial charge in [0.25, 0.3) is 0 Å². The second-order valence-corrected chi connectivity index (χ2v) is 9.05. The van der Waals surface area contributed by atoms with E-state index in [2.05, 4.69) is 11.4 Å². The minimum absolute atomic E-state index is 0.0144. The molecule has 1 saturated carbocycles. The van der Waals surface area contributed by atoms with Crippen LogP contribution in [0.1, 0.15) is 55.9 Å². The minimum Gasteiger partial charge on any atom is -0.335 e. The average Bonchev–Trinajstić information content (AvgIpc) is 3.27. The van der Waals surface area contributed by atoms with Gasteiger partial charge >= 0.3 is 6.03 Å². The zero-order valence-corrected chi connectivity index (χ0v) is 18.7. The Hall–Kier alpha value is -2.34. The van der Waals surface area contributed by atoms with E-state index in [1.807, 2.05) is 53.6 Å². The average molecular weight is 428 g/mol. The number of benzene rings is 1. The number of rotatable bonds is 9. The third kappa shape index (κ3) is 6.87. The Morgan fingerprint density at radius 3 is 2.43 bits per heavy atom. The SMILES string of the molecule is CCCN(CC(=O)N(Cc1ccccc1)Cc1cccs1)C(=O)NC1CCCCC1. The van der Waals surface area contributed by atoms with Gasteiger partial charge in [-0.1, -0.05) is 62.6 Å². The van der Waals surface area contributed by atoms with Gasteiger partial charge in [-0.05, 0) is 36.3 Å². The van der Waals surface area contributed by atoms with E-state index in [-0.39, 0.29) is 24.5 Å². The molecule has 2 aromatic rings. The lowest BCUT2D eigenvalue weighted by molar-refractivity contribution is -0.133. The number of carbonyl (C=O) groups is 2. The molecule has 162 valence electrons. The molecular formula is C24H33N3O2S. The fraction of sp³-hybridized carbons (Fsp3) is 0.500. The maximum Gasteiger partial charge on any atom is 0.318 e. The van der Waals surface area contributed by atoms with Crippen LogP contribution in [0.15, 0.2) is 47.8 Å². The van der Waals surface area contributed by atoms with E-state index < -0.39 is 0 Å². The van der Waals surface area contributed by atoms with E-state index in [4.69, 9.17) is 0 Å². The first kappa shape index (κ1) is 22.3. The number of nitrogens with one attached hydrogen (secondary N) is 1. The van der Waals surface area contributed by atoms with Crippen molar-refractivity contribution < 1.29 is 9.59 Å². The number of nitrogens with zero attached hydrogens (tertiary/aromatic N) is 2. The smallest absolute Gasteiger partial charge is 0.318 e. The highest BCUT2D eigenvalue weighted by Gasteiger charge is 2.24. The highest BCUT2D eigenvalue weighted by molar-refractivity contribution is 7.09. The summed E-state index contributed by atoms with van der Waals surface area (Å²) in [6.07, 6.45) is 6.50. The molecule has 1 aromatic heterocycles. The lowest BCUT2D eigenvalue weighted by atomic mass is 9.96. The Labute approximate surface area is 184 Å². The largest absolute Gasteiger partial charge is 0.335 e. The predicted molar refractivity (Wildman–Crippen MR) is 122 cm³/mol. The summed E-state index contributed by atoms with van der Waals surface area (Å²) in [5, 5.41) is 5.19. The fourth-order valence-electron chi connectivity index (χ4n) is 3.93. The molecule has 0 saturated heterocycles. The lowest BCUT2D eigenvalue weighted by Gasteiger charge is -2.30. The minimum atomic E-state index is -0.104. The van der Waals surface area contributed by atoms with Gasteiger partial charge in [0, 0.05) is 24.0 Å². The van der Waals surface area contributed by atoms with Gasteiger partial charge in [0.1, 0.15) is 6.54 Å². The molecule has 3 amide bonds. The van der Waals surface area contributed by atoms with Gasteiger partial charge in [-0.15, -0.1) is 11.3 Å². The summed E-state index contributed by atoms with van der Waals surface area (Å²) >= 11 is 1.65. The van der Waals surface area contributed by atoms with Crippen LogP contribution in [-0.4, -0.2) is 40.9 Å². The molecule has 0 spiro atoms. The molecule has 0 atom stereocenters. The first-order chi connectivity index (χ1) is 14.7. The normalized spacial score (nSPS) is 14.3. The van der Waals surface area contributed by atoms with Crippen LogP contribution in [0, 0.1) is 0 Å². The third-order valence-corrected chi connectivity index (χ3v) is 6.40. The molecule has 0 unspecified atom stereocenters. The van der Waals surface area contributed by atoms with E-state index >= 15 is 0 Å². The van der Waals surface area contributed by atoms with Gasteiger partial charge in [0.05, 0.1) is 6.54 Å². The second-order valence-electron chi connectivity index (χ2n) is 8.02. The Morgan fingerprint density at radius 2 is 1.77 bits per heavy atom. The molecule has 5 nitrogen and oxygen atoms in total. The molecule has 0 bridgehead atoms. The molecule has 6 heteroatoms. The zero-order valence-electron chi connectivity index (χ0n) is 17.9. The van der Waals surface area contributed by atoms with Crippen LogP contribution in [-0.2, 0) is 17.9 Å². The quantitative estimate of drug-likeness (QED) is 0.610. The molecule has 1 aliphatic rings. The Balaban J connectivity index is 1.66. The Bertz CT molecular complexity index is 773. The van der Waals surface area contributed by atoms with Crippen molar-refractivity contribution in [1.29, 1.82) is 0 Å². The van der Waals surface area contributed by atoms with Crippen LogP contribution in [0.3, 0.4) is 0 Å². The van der Waals surface area contributed by atoms with Gasteiger partial charge in [-0.2, -0.15) is 0 Å². The first-order valence-corrected chi connectivity index (χ1v) is 11.9. The van der Waals surface area contributed by atoms with E-state index in [0.29, 0.717) is 19.6 Å². The van der Waals surface area contributed by atoms with Crippen LogP contribution in [0.4, 0.5) is 4.79 Å². The van der Waals surface area contributed by atoms with Crippen molar-refractivity contribution in [2.45, 2.75) is 64.6 Å². The zero-order chi connectivity index (χ0) is 21.2.